The zero-order valence-corrected chi connectivity index (χ0v) is 21.1. The van der Waals surface area contributed by atoms with Crippen molar-refractivity contribution >= 4 is 31.5 Å². The predicted octanol–water partition coefficient (Wildman–Crippen LogP) is 9.73. The van der Waals surface area contributed by atoms with Gasteiger partial charge in [0.1, 0.15) is 0 Å². The quantitative estimate of drug-likeness (QED) is 0.297. The van der Waals surface area contributed by atoms with E-state index in [0.29, 0.717) is 5.92 Å². The van der Waals surface area contributed by atoms with Gasteiger partial charge in [-0.2, -0.15) is 0 Å². The fourth-order valence-electron chi connectivity index (χ4n) is 5.88. The molecular formula is C31H36S. The van der Waals surface area contributed by atoms with Crippen molar-refractivity contribution in [2.24, 2.45) is 0 Å². The minimum Gasteiger partial charge on any atom is -0.135 e. The summed E-state index contributed by atoms with van der Waals surface area (Å²) in [6.45, 7) is 11.9. The van der Waals surface area contributed by atoms with Crippen LogP contribution in [-0.4, -0.2) is 0 Å². The van der Waals surface area contributed by atoms with Gasteiger partial charge < -0.3 is 0 Å². The fraction of sp³-hybridized carbons (Fsp3) is 0.419. The Hall–Kier alpha value is -2.12. The van der Waals surface area contributed by atoms with Gasteiger partial charge in [0, 0.05) is 25.6 Å². The van der Waals surface area contributed by atoms with Crippen LogP contribution < -0.4 is 0 Å². The molecule has 0 N–H and O–H groups in total. The summed E-state index contributed by atoms with van der Waals surface area (Å²) in [5, 5.41) is 2.83. The van der Waals surface area contributed by atoms with Gasteiger partial charge in [-0.25, -0.2) is 0 Å². The molecule has 0 atom stereocenters. The third kappa shape index (κ3) is 3.59. The van der Waals surface area contributed by atoms with Crippen molar-refractivity contribution in [1.29, 1.82) is 0 Å². The molecule has 1 aromatic heterocycles. The molecule has 1 heterocycles. The van der Waals surface area contributed by atoms with Crippen molar-refractivity contribution in [2.75, 3.05) is 0 Å². The third-order valence-corrected chi connectivity index (χ3v) is 8.97. The first-order valence-corrected chi connectivity index (χ1v) is 13.1. The first-order valence-electron chi connectivity index (χ1n) is 12.3. The molecule has 32 heavy (non-hydrogen) atoms. The largest absolute Gasteiger partial charge is 0.135 e. The van der Waals surface area contributed by atoms with Gasteiger partial charge in [-0.1, -0.05) is 115 Å². The number of thiophene rings is 1. The number of fused-ring (bicyclic) bond motifs is 3. The van der Waals surface area contributed by atoms with Crippen LogP contribution in [-0.2, 0) is 10.8 Å². The Morgan fingerprint density at radius 2 is 1.19 bits per heavy atom. The van der Waals surface area contributed by atoms with Crippen LogP contribution in [0.3, 0.4) is 0 Å². The Morgan fingerprint density at radius 3 is 1.84 bits per heavy atom. The highest BCUT2D eigenvalue weighted by molar-refractivity contribution is 7.26. The average Bonchev–Trinajstić information content (AvgIpc) is 3.17. The second-order valence-corrected chi connectivity index (χ2v) is 12.3. The maximum absolute atomic E-state index is 2.44. The van der Waals surface area contributed by atoms with Crippen LogP contribution in [0.5, 0.6) is 0 Å². The highest BCUT2D eigenvalue weighted by Gasteiger charge is 2.31. The van der Waals surface area contributed by atoms with E-state index in [-0.39, 0.29) is 10.8 Å². The van der Waals surface area contributed by atoms with Crippen molar-refractivity contribution in [3.63, 3.8) is 0 Å². The van der Waals surface area contributed by atoms with Gasteiger partial charge >= 0.3 is 0 Å². The average molecular weight is 441 g/mol. The van der Waals surface area contributed by atoms with Gasteiger partial charge in [0.2, 0.25) is 0 Å². The lowest BCUT2D eigenvalue weighted by Crippen LogP contribution is -2.22. The summed E-state index contributed by atoms with van der Waals surface area (Å²) in [4.78, 5) is 0. The summed E-state index contributed by atoms with van der Waals surface area (Å²) in [6.07, 6.45) is 6.84. The van der Waals surface area contributed by atoms with Gasteiger partial charge in [0.15, 0.2) is 0 Å². The summed E-state index contributed by atoms with van der Waals surface area (Å²) in [6, 6.07) is 23.2. The molecule has 1 aliphatic carbocycles. The van der Waals surface area contributed by atoms with Crippen LogP contribution in [0.1, 0.15) is 94.9 Å². The van der Waals surface area contributed by atoms with E-state index < -0.39 is 0 Å². The van der Waals surface area contributed by atoms with E-state index in [1.807, 2.05) is 11.3 Å². The maximum atomic E-state index is 2.44. The van der Waals surface area contributed by atoms with Gasteiger partial charge in [-0.15, -0.1) is 11.3 Å². The lowest BCUT2D eigenvalue weighted by Gasteiger charge is -2.33. The first kappa shape index (κ1) is 21.7. The van der Waals surface area contributed by atoms with Gasteiger partial charge in [-0.05, 0) is 46.4 Å². The summed E-state index contributed by atoms with van der Waals surface area (Å²) >= 11 is 2.00. The molecule has 1 heteroatoms. The van der Waals surface area contributed by atoms with E-state index in [2.05, 4.69) is 95.3 Å². The Balaban J connectivity index is 1.72. The zero-order chi connectivity index (χ0) is 22.5. The molecule has 0 amide bonds. The van der Waals surface area contributed by atoms with E-state index in [1.54, 1.807) is 5.56 Å². The third-order valence-electron chi connectivity index (χ3n) is 7.68. The molecule has 1 fully saturated rings. The highest BCUT2D eigenvalue weighted by atomic mass is 32.1. The molecule has 0 unspecified atom stereocenters. The molecule has 0 nitrogen and oxygen atoms in total. The molecule has 3 aromatic carbocycles. The number of hydrogen-bond donors (Lipinski definition) is 0. The fourth-order valence-corrected chi connectivity index (χ4v) is 7.58. The standard InChI is InChI=1S/C31H36S/c1-30(2,3)26-19-11-16-23-24-17-12-20-27(29(24)32-28(23)26)31(4,5)25-18-10-9-15-22(25)21-13-7-6-8-14-21/h9-12,15-21H,6-8,13-14H2,1-5H3. The smallest absolute Gasteiger partial charge is 0.0396 e. The second-order valence-electron chi connectivity index (χ2n) is 11.3. The number of benzene rings is 3. The SMILES string of the molecule is CC(C)(C)c1cccc2c1sc1c(C(C)(C)c3ccccc3C3CCCCC3)cccc12. The Kier molecular flexibility index (Phi) is 5.45. The van der Waals surface area contributed by atoms with Crippen molar-refractivity contribution in [2.45, 2.75) is 83.5 Å². The molecule has 1 aliphatic rings. The van der Waals surface area contributed by atoms with Crippen molar-refractivity contribution in [3.05, 3.63) is 82.9 Å². The van der Waals surface area contributed by atoms with Crippen molar-refractivity contribution in [3.8, 4) is 0 Å². The number of rotatable bonds is 3. The highest BCUT2D eigenvalue weighted by Crippen LogP contribution is 2.47. The van der Waals surface area contributed by atoms with E-state index in [4.69, 9.17) is 0 Å². The molecular weight excluding hydrogens is 404 g/mol. The molecule has 4 aromatic rings. The summed E-state index contributed by atoms with van der Waals surface area (Å²) in [5.74, 6) is 0.716. The van der Waals surface area contributed by atoms with Crippen molar-refractivity contribution in [1.82, 2.24) is 0 Å². The molecule has 0 aliphatic heterocycles. The first-order chi connectivity index (χ1) is 15.3. The lowest BCUT2D eigenvalue weighted by atomic mass is 9.71. The molecule has 166 valence electrons. The van der Waals surface area contributed by atoms with Crippen molar-refractivity contribution < 1.29 is 0 Å². The Labute approximate surface area is 197 Å². The Bertz CT molecular complexity index is 1260. The van der Waals surface area contributed by atoms with Gasteiger partial charge in [0.05, 0.1) is 0 Å². The van der Waals surface area contributed by atoms with E-state index in [1.165, 1.54) is 69.0 Å². The lowest BCUT2D eigenvalue weighted by molar-refractivity contribution is 0.437. The van der Waals surface area contributed by atoms with Crippen LogP contribution in [0.15, 0.2) is 60.7 Å². The molecule has 5 rings (SSSR count). The molecule has 1 saturated carbocycles. The predicted molar refractivity (Wildman–Crippen MR) is 142 cm³/mol. The van der Waals surface area contributed by atoms with Crippen LogP contribution in [0, 0.1) is 0 Å². The second kappa shape index (κ2) is 8.03. The summed E-state index contributed by atoms with van der Waals surface area (Å²) in [5.41, 5.74) is 6.15. The van der Waals surface area contributed by atoms with Crippen LogP contribution in [0.4, 0.5) is 0 Å². The van der Waals surface area contributed by atoms with Crippen LogP contribution in [0.2, 0.25) is 0 Å². The van der Waals surface area contributed by atoms with Gasteiger partial charge in [-0.3, -0.25) is 0 Å². The minimum atomic E-state index is -0.0314. The summed E-state index contributed by atoms with van der Waals surface area (Å²) < 4.78 is 2.92. The topological polar surface area (TPSA) is 0 Å². The molecule has 0 spiro atoms. The zero-order valence-electron chi connectivity index (χ0n) is 20.3. The molecule has 0 bridgehead atoms. The molecule has 0 saturated heterocycles. The van der Waals surface area contributed by atoms with E-state index in [0.717, 1.165) is 0 Å². The number of hydrogen-bond acceptors (Lipinski definition) is 1. The van der Waals surface area contributed by atoms with Crippen LogP contribution >= 0.6 is 11.3 Å². The van der Waals surface area contributed by atoms with Crippen LogP contribution in [0.25, 0.3) is 20.2 Å². The monoisotopic (exact) mass is 440 g/mol. The Morgan fingerprint density at radius 1 is 0.625 bits per heavy atom. The normalized spacial score (nSPS) is 16.2. The van der Waals surface area contributed by atoms with E-state index >= 15 is 0 Å². The molecule has 0 radical (unpaired) electrons. The maximum Gasteiger partial charge on any atom is 0.0396 e. The minimum absolute atomic E-state index is 0.0314. The van der Waals surface area contributed by atoms with Gasteiger partial charge in [0.25, 0.3) is 0 Å². The van der Waals surface area contributed by atoms with E-state index in [9.17, 15) is 0 Å². The summed E-state index contributed by atoms with van der Waals surface area (Å²) in [7, 11) is 0.